The van der Waals surface area contributed by atoms with Crippen molar-refractivity contribution in [2.75, 3.05) is 11.9 Å². The highest BCUT2D eigenvalue weighted by molar-refractivity contribution is 6.30. The topological polar surface area (TPSA) is 58.6 Å². The smallest absolute Gasteiger partial charge is 0.262 e. The number of halogens is 1. The number of ether oxygens (including phenoxy) is 1. The molecule has 0 aromatic heterocycles. The van der Waals surface area contributed by atoms with Crippen LogP contribution in [0.1, 0.15) is 18.6 Å². The normalized spacial score (nSPS) is 11.8. The van der Waals surface area contributed by atoms with Gasteiger partial charge in [-0.15, -0.1) is 0 Å². The Kier molecular flexibility index (Phi) is 5.20. The zero-order valence-electron chi connectivity index (χ0n) is 11.5. The Hall–Kier alpha value is -2.04. The van der Waals surface area contributed by atoms with E-state index in [9.17, 15) is 9.90 Å². The zero-order chi connectivity index (χ0) is 15.2. The monoisotopic (exact) mass is 305 g/mol. The number of anilines is 1. The number of aliphatic hydroxyl groups excluding tert-OH is 1. The summed E-state index contributed by atoms with van der Waals surface area (Å²) < 4.78 is 5.40. The first-order chi connectivity index (χ1) is 10.0. The summed E-state index contributed by atoms with van der Waals surface area (Å²) in [6, 6.07) is 13.9. The predicted molar refractivity (Wildman–Crippen MR) is 82.7 cm³/mol. The van der Waals surface area contributed by atoms with Gasteiger partial charge in [0.2, 0.25) is 0 Å². The van der Waals surface area contributed by atoms with Crippen molar-refractivity contribution in [3.05, 3.63) is 59.1 Å². The summed E-state index contributed by atoms with van der Waals surface area (Å²) in [5.41, 5.74) is 1.36. The quantitative estimate of drug-likeness (QED) is 0.890. The molecule has 1 amide bonds. The second-order valence-corrected chi connectivity index (χ2v) is 5.03. The molecule has 0 spiro atoms. The molecule has 0 aliphatic carbocycles. The van der Waals surface area contributed by atoms with Crippen LogP contribution in [-0.4, -0.2) is 17.6 Å². The predicted octanol–water partition coefficient (Wildman–Crippen LogP) is 3.41. The van der Waals surface area contributed by atoms with Crippen molar-refractivity contribution in [3.63, 3.8) is 0 Å². The van der Waals surface area contributed by atoms with Crippen molar-refractivity contribution in [1.82, 2.24) is 0 Å². The molecule has 0 heterocycles. The molecule has 2 N–H and O–H groups in total. The van der Waals surface area contributed by atoms with Gasteiger partial charge in [-0.1, -0.05) is 29.8 Å². The SMILES string of the molecule is C[C@@H](O)c1cccc(OCC(=O)Nc2cccc(Cl)c2)c1. The third-order valence-electron chi connectivity index (χ3n) is 2.82. The first kappa shape index (κ1) is 15.4. The number of benzene rings is 2. The van der Waals surface area contributed by atoms with Gasteiger partial charge in [-0.05, 0) is 42.8 Å². The van der Waals surface area contributed by atoms with Crippen LogP contribution >= 0.6 is 11.6 Å². The largest absolute Gasteiger partial charge is 0.484 e. The molecule has 0 aliphatic rings. The standard InChI is InChI=1S/C16H16ClNO3/c1-11(19)12-4-2-7-15(8-12)21-10-16(20)18-14-6-3-5-13(17)9-14/h2-9,11,19H,10H2,1H3,(H,18,20)/t11-/m1/s1. The van der Waals surface area contributed by atoms with E-state index in [1.807, 2.05) is 0 Å². The summed E-state index contributed by atoms with van der Waals surface area (Å²) in [6.07, 6.45) is -0.575. The van der Waals surface area contributed by atoms with Gasteiger partial charge in [0.05, 0.1) is 6.10 Å². The maximum Gasteiger partial charge on any atom is 0.262 e. The zero-order valence-corrected chi connectivity index (χ0v) is 12.3. The van der Waals surface area contributed by atoms with E-state index in [1.54, 1.807) is 55.5 Å². The van der Waals surface area contributed by atoms with Gasteiger partial charge in [-0.2, -0.15) is 0 Å². The van der Waals surface area contributed by atoms with E-state index in [1.165, 1.54) is 0 Å². The average Bonchev–Trinajstić information content (AvgIpc) is 2.45. The van der Waals surface area contributed by atoms with E-state index in [0.717, 1.165) is 5.56 Å². The minimum absolute atomic E-state index is 0.115. The number of carbonyl (C=O) groups excluding carboxylic acids is 1. The Balaban J connectivity index is 1.90. The molecule has 0 saturated carbocycles. The van der Waals surface area contributed by atoms with Crippen LogP contribution in [0.5, 0.6) is 5.75 Å². The average molecular weight is 306 g/mol. The minimum atomic E-state index is -0.575. The van der Waals surface area contributed by atoms with Gasteiger partial charge < -0.3 is 15.2 Å². The van der Waals surface area contributed by atoms with Crippen LogP contribution in [0.4, 0.5) is 5.69 Å². The molecule has 0 aliphatic heterocycles. The lowest BCUT2D eigenvalue weighted by atomic mass is 10.1. The maximum atomic E-state index is 11.8. The van der Waals surface area contributed by atoms with Gasteiger partial charge in [0.1, 0.15) is 5.75 Å². The Morgan fingerprint density at radius 3 is 2.76 bits per heavy atom. The molecule has 2 aromatic rings. The van der Waals surface area contributed by atoms with Crippen LogP contribution in [0.25, 0.3) is 0 Å². The van der Waals surface area contributed by atoms with Crippen LogP contribution in [0, 0.1) is 0 Å². The van der Waals surface area contributed by atoms with E-state index in [-0.39, 0.29) is 12.5 Å². The third kappa shape index (κ3) is 4.77. The second-order valence-electron chi connectivity index (χ2n) is 4.60. The fourth-order valence-corrected chi connectivity index (χ4v) is 1.97. The molecule has 0 unspecified atom stereocenters. The maximum absolute atomic E-state index is 11.8. The van der Waals surface area contributed by atoms with E-state index in [2.05, 4.69) is 5.32 Å². The second kappa shape index (κ2) is 7.11. The highest BCUT2D eigenvalue weighted by Gasteiger charge is 2.06. The van der Waals surface area contributed by atoms with Crippen LogP contribution < -0.4 is 10.1 Å². The molecule has 5 heteroatoms. The molecular weight excluding hydrogens is 290 g/mol. The lowest BCUT2D eigenvalue weighted by molar-refractivity contribution is -0.118. The molecule has 4 nitrogen and oxygen atoms in total. The first-order valence-electron chi connectivity index (χ1n) is 6.51. The van der Waals surface area contributed by atoms with Crippen molar-refractivity contribution in [1.29, 1.82) is 0 Å². The van der Waals surface area contributed by atoms with Gasteiger partial charge >= 0.3 is 0 Å². The molecule has 0 fully saturated rings. The van der Waals surface area contributed by atoms with E-state index < -0.39 is 6.10 Å². The van der Waals surface area contributed by atoms with Crippen molar-refractivity contribution in [3.8, 4) is 5.75 Å². The minimum Gasteiger partial charge on any atom is -0.484 e. The molecule has 110 valence electrons. The van der Waals surface area contributed by atoms with Gasteiger partial charge in [-0.3, -0.25) is 4.79 Å². The van der Waals surface area contributed by atoms with E-state index >= 15 is 0 Å². The van der Waals surface area contributed by atoms with Gasteiger partial charge in [0.25, 0.3) is 5.91 Å². The molecule has 21 heavy (non-hydrogen) atoms. The van der Waals surface area contributed by atoms with Crippen LogP contribution in [0.15, 0.2) is 48.5 Å². The Morgan fingerprint density at radius 2 is 2.05 bits per heavy atom. The molecule has 0 radical (unpaired) electrons. The number of amides is 1. The number of aliphatic hydroxyl groups is 1. The van der Waals surface area contributed by atoms with Crippen molar-refractivity contribution >= 4 is 23.2 Å². The molecule has 2 aromatic carbocycles. The van der Waals surface area contributed by atoms with Crippen LogP contribution in [0.3, 0.4) is 0 Å². The first-order valence-corrected chi connectivity index (χ1v) is 6.88. The Morgan fingerprint density at radius 1 is 1.29 bits per heavy atom. The highest BCUT2D eigenvalue weighted by atomic mass is 35.5. The summed E-state index contributed by atoms with van der Waals surface area (Å²) in [5, 5.41) is 12.7. The fraction of sp³-hybridized carbons (Fsp3) is 0.188. The summed E-state index contributed by atoms with van der Waals surface area (Å²) >= 11 is 5.84. The summed E-state index contributed by atoms with van der Waals surface area (Å²) in [7, 11) is 0. The molecule has 0 saturated heterocycles. The Labute approximate surface area is 128 Å². The number of nitrogens with one attached hydrogen (secondary N) is 1. The molecule has 2 rings (SSSR count). The Bertz CT molecular complexity index is 628. The summed E-state index contributed by atoms with van der Waals surface area (Å²) in [4.78, 5) is 11.8. The van der Waals surface area contributed by atoms with E-state index in [4.69, 9.17) is 16.3 Å². The number of hydrogen-bond acceptors (Lipinski definition) is 3. The third-order valence-corrected chi connectivity index (χ3v) is 3.05. The lowest BCUT2D eigenvalue weighted by Crippen LogP contribution is -2.20. The molecular formula is C16H16ClNO3. The van der Waals surface area contributed by atoms with Gasteiger partial charge in [-0.25, -0.2) is 0 Å². The number of carbonyl (C=O) groups is 1. The fourth-order valence-electron chi connectivity index (χ4n) is 1.78. The van der Waals surface area contributed by atoms with Crippen molar-refractivity contribution < 1.29 is 14.6 Å². The number of hydrogen-bond donors (Lipinski definition) is 2. The van der Waals surface area contributed by atoms with Crippen LogP contribution in [0.2, 0.25) is 5.02 Å². The highest BCUT2D eigenvalue weighted by Crippen LogP contribution is 2.19. The van der Waals surface area contributed by atoms with Gasteiger partial charge in [0, 0.05) is 10.7 Å². The lowest BCUT2D eigenvalue weighted by Gasteiger charge is -2.10. The van der Waals surface area contributed by atoms with Crippen LogP contribution in [-0.2, 0) is 4.79 Å². The molecule has 0 bridgehead atoms. The van der Waals surface area contributed by atoms with Gasteiger partial charge in [0.15, 0.2) is 6.61 Å². The number of rotatable bonds is 5. The van der Waals surface area contributed by atoms with Crippen molar-refractivity contribution in [2.45, 2.75) is 13.0 Å². The molecule has 1 atom stereocenters. The summed E-state index contributed by atoms with van der Waals surface area (Å²) in [5.74, 6) is 0.259. The van der Waals surface area contributed by atoms with E-state index in [0.29, 0.717) is 16.5 Å². The summed E-state index contributed by atoms with van der Waals surface area (Å²) in [6.45, 7) is 1.56. The van der Waals surface area contributed by atoms with Crippen molar-refractivity contribution in [2.24, 2.45) is 0 Å².